The Morgan fingerprint density at radius 1 is 1.17 bits per heavy atom. The summed E-state index contributed by atoms with van der Waals surface area (Å²) in [6.07, 6.45) is 1.59. The molecule has 9 heteroatoms. The molecule has 30 heavy (non-hydrogen) atoms. The van der Waals surface area contributed by atoms with Crippen molar-refractivity contribution in [1.29, 1.82) is 0 Å². The van der Waals surface area contributed by atoms with Crippen molar-refractivity contribution in [3.63, 3.8) is 0 Å². The van der Waals surface area contributed by atoms with Crippen LogP contribution in [0.3, 0.4) is 0 Å². The van der Waals surface area contributed by atoms with Crippen LogP contribution < -0.4 is 10.2 Å². The third-order valence-corrected chi connectivity index (χ3v) is 5.67. The summed E-state index contributed by atoms with van der Waals surface area (Å²) < 4.78 is 10.6. The van der Waals surface area contributed by atoms with Gasteiger partial charge in [0.15, 0.2) is 5.16 Å². The molecule has 1 aromatic carbocycles. The minimum absolute atomic E-state index is 0.146. The first-order chi connectivity index (χ1) is 14.7. The minimum Gasteiger partial charge on any atom is -0.467 e. The average Bonchev–Trinajstić information content (AvgIpc) is 3.30. The van der Waals surface area contributed by atoms with Gasteiger partial charge in [-0.25, -0.2) is 9.97 Å². The molecule has 156 valence electrons. The first-order valence-electron chi connectivity index (χ1n) is 9.57. The second-order valence-corrected chi connectivity index (χ2v) is 8.01. The number of nitrogens with zero attached hydrogens (tertiary/aromatic N) is 3. The Morgan fingerprint density at radius 2 is 2.03 bits per heavy atom. The SMILES string of the molecule is O=C(NCc1ccco1)c1cccc(CSc2nc(Cl)cc(N3CCOCC3)n2)c1. The fourth-order valence-corrected chi connectivity index (χ4v) is 4.06. The zero-order chi connectivity index (χ0) is 20.8. The van der Waals surface area contributed by atoms with Gasteiger partial charge >= 0.3 is 0 Å². The van der Waals surface area contributed by atoms with Crippen LogP contribution in [0.2, 0.25) is 5.15 Å². The van der Waals surface area contributed by atoms with Gasteiger partial charge in [-0.15, -0.1) is 0 Å². The third-order valence-electron chi connectivity index (χ3n) is 4.56. The van der Waals surface area contributed by atoms with Gasteiger partial charge in [0.25, 0.3) is 5.91 Å². The number of carbonyl (C=O) groups excluding carboxylic acids is 1. The molecule has 0 atom stereocenters. The smallest absolute Gasteiger partial charge is 0.251 e. The number of rotatable bonds is 7. The fraction of sp³-hybridized carbons (Fsp3) is 0.286. The van der Waals surface area contributed by atoms with Crippen LogP contribution in [0.25, 0.3) is 0 Å². The third kappa shape index (κ3) is 5.53. The lowest BCUT2D eigenvalue weighted by Gasteiger charge is -2.27. The van der Waals surface area contributed by atoms with Crippen LogP contribution in [0.4, 0.5) is 5.82 Å². The molecule has 0 bridgehead atoms. The maximum absolute atomic E-state index is 12.4. The molecule has 0 spiro atoms. The summed E-state index contributed by atoms with van der Waals surface area (Å²) in [5.41, 5.74) is 1.60. The van der Waals surface area contributed by atoms with Gasteiger partial charge in [-0.1, -0.05) is 35.5 Å². The van der Waals surface area contributed by atoms with Crippen molar-refractivity contribution in [2.45, 2.75) is 17.5 Å². The van der Waals surface area contributed by atoms with Crippen molar-refractivity contribution in [2.75, 3.05) is 31.2 Å². The molecule has 2 aromatic heterocycles. The molecule has 3 aromatic rings. The summed E-state index contributed by atoms with van der Waals surface area (Å²) in [6, 6.07) is 12.9. The van der Waals surface area contributed by atoms with E-state index in [1.165, 1.54) is 11.8 Å². The van der Waals surface area contributed by atoms with E-state index in [9.17, 15) is 4.79 Å². The largest absolute Gasteiger partial charge is 0.467 e. The van der Waals surface area contributed by atoms with Gasteiger partial charge < -0.3 is 19.4 Å². The fourth-order valence-electron chi connectivity index (χ4n) is 3.04. The van der Waals surface area contributed by atoms with Crippen molar-refractivity contribution in [3.05, 3.63) is 70.8 Å². The zero-order valence-electron chi connectivity index (χ0n) is 16.2. The molecule has 1 N–H and O–H groups in total. The van der Waals surface area contributed by atoms with E-state index < -0.39 is 0 Å². The molecule has 1 saturated heterocycles. The van der Waals surface area contributed by atoms with Gasteiger partial charge in [-0.05, 0) is 29.8 Å². The highest BCUT2D eigenvalue weighted by Gasteiger charge is 2.15. The number of amides is 1. The van der Waals surface area contributed by atoms with Crippen molar-refractivity contribution in [1.82, 2.24) is 15.3 Å². The molecule has 1 aliphatic rings. The normalized spacial score (nSPS) is 14.0. The number of anilines is 1. The van der Waals surface area contributed by atoms with Crippen LogP contribution in [-0.2, 0) is 17.0 Å². The lowest BCUT2D eigenvalue weighted by atomic mass is 10.1. The molecular formula is C21H21ClN4O3S. The van der Waals surface area contributed by atoms with E-state index in [0.29, 0.717) is 47.1 Å². The van der Waals surface area contributed by atoms with Crippen LogP contribution in [0.1, 0.15) is 21.7 Å². The van der Waals surface area contributed by atoms with Crippen LogP contribution in [-0.4, -0.2) is 42.2 Å². The van der Waals surface area contributed by atoms with E-state index in [1.54, 1.807) is 24.5 Å². The van der Waals surface area contributed by atoms with Gasteiger partial charge in [0, 0.05) is 30.5 Å². The molecule has 3 heterocycles. The Kier molecular flexibility index (Phi) is 6.88. The number of furan rings is 1. The molecule has 1 fully saturated rings. The maximum Gasteiger partial charge on any atom is 0.251 e. The van der Waals surface area contributed by atoms with Crippen molar-refractivity contribution in [2.24, 2.45) is 0 Å². The number of halogens is 1. The highest BCUT2D eigenvalue weighted by atomic mass is 35.5. The molecule has 0 radical (unpaired) electrons. The summed E-state index contributed by atoms with van der Waals surface area (Å²) in [6.45, 7) is 3.28. The molecule has 0 unspecified atom stereocenters. The van der Waals surface area contributed by atoms with Crippen LogP contribution >= 0.6 is 23.4 Å². The number of ether oxygens (including phenoxy) is 1. The summed E-state index contributed by atoms with van der Waals surface area (Å²) in [7, 11) is 0. The van der Waals surface area contributed by atoms with Gasteiger partial charge in [-0.2, -0.15) is 0 Å². The Labute approximate surface area is 183 Å². The van der Waals surface area contributed by atoms with E-state index in [4.69, 9.17) is 20.8 Å². The zero-order valence-corrected chi connectivity index (χ0v) is 17.8. The molecule has 7 nitrogen and oxygen atoms in total. The first-order valence-corrected chi connectivity index (χ1v) is 10.9. The Balaban J connectivity index is 1.38. The predicted molar refractivity (Wildman–Crippen MR) is 116 cm³/mol. The summed E-state index contributed by atoms with van der Waals surface area (Å²) in [4.78, 5) is 23.5. The molecule has 4 rings (SSSR count). The van der Waals surface area contributed by atoms with Crippen molar-refractivity contribution < 1.29 is 13.9 Å². The molecule has 1 aliphatic heterocycles. The lowest BCUT2D eigenvalue weighted by molar-refractivity contribution is 0.0948. The first kappa shape index (κ1) is 20.7. The van der Waals surface area contributed by atoms with E-state index in [2.05, 4.69) is 20.2 Å². The van der Waals surface area contributed by atoms with Gasteiger partial charge in [0.05, 0.1) is 26.0 Å². The van der Waals surface area contributed by atoms with Gasteiger partial charge in [0.1, 0.15) is 16.7 Å². The molecular weight excluding hydrogens is 424 g/mol. The molecule has 0 saturated carbocycles. The van der Waals surface area contributed by atoms with E-state index in [0.717, 1.165) is 24.5 Å². The second-order valence-electron chi connectivity index (χ2n) is 6.68. The van der Waals surface area contributed by atoms with Crippen LogP contribution in [0.5, 0.6) is 0 Å². The average molecular weight is 445 g/mol. The number of hydrogen-bond acceptors (Lipinski definition) is 7. The minimum atomic E-state index is -0.146. The van der Waals surface area contributed by atoms with E-state index in [-0.39, 0.29) is 5.91 Å². The predicted octanol–water partition coefficient (Wildman–Crippen LogP) is 3.78. The number of morpholine rings is 1. The number of nitrogens with one attached hydrogen (secondary N) is 1. The summed E-state index contributed by atoms with van der Waals surface area (Å²) in [5, 5.41) is 3.88. The van der Waals surface area contributed by atoms with Crippen molar-refractivity contribution >= 4 is 35.1 Å². The van der Waals surface area contributed by atoms with Crippen LogP contribution in [0, 0.1) is 0 Å². The molecule has 1 amide bonds. The standard InChI is InChI=1S/C21H21ClN4O3S/c22-18-12-19(26-6-9-28-10-7-26)25-21(24-18)30-14-15-3-1-4-16(11-15)20(27)23-13-17-5-2-8-29-17/h1-5,8,11-12H,6-7,9-10,13-14H2,(H,23,27). The Bertz CT molecular complexity index is 994. The number of benzene rings is 1. The van der Waals surface area contributed by atoms with Crippen molar-refractivity contribution in [3.8, 4) is 0 Å². The topological polar surface area (TPSA) is 80.5 Å². The molecule has 0 aliphatic carbocycles. The monoisotopic (exact) mass is 444 g/mol. The van der Waals surface area contributed by atoms with Gasteiger partial charge in [0.2, 0.25) is 0 Å². The lowest BCUT2D eigenvalue weighted by Crippen LogP contribution is -2.36. The summed E-state index contributed by atoms with van der Waals surface area (Å²) in [5.74, 6) is 2.00. The number of thioether (sulfide) groups is 1. The van der Waals surface area contributed by atoms with E-state index >= 15 is 0 Å². The maximum atomic E-state index is 12.4. The quantitative estimate of drug-likeness (QED) is 0.337. The number of carbonyl (C=O) groups is 1. The van der Waals surface area contributed by atoms with E-state index in [1.807, 2.05) is 24.3 Å². The Morgan fingerprint density at radius 3 is 2.83 bits per heavy atom. The van der Waals surface area contributed by atoms with Crippen LogP contribution in [0.15, 0.2) is 58.3 Å². The summed E-state index contributed by atoms with van der Waals surface area (Å²) >= 11 is 7.70. The number of aromatic nitrogens is 2. The number of hydrogen-bond donors (Lipinski definition) is 1. The van der Waals surface area contributed by atoms with Gasteiger partial charge in [-0.3, -0.25) is 4.79 Å². The second kappa shape index (κ2) is 9.97. The highest BCUT2D eigenvalue weighted by molar-refractivity contribution is 7.98. The highest BCUT2D eigenvalue weighted by Crippen LogP contribution is 2.25. The Hall–Kier alpha value is -2.55.